The third kappa shape index (κ3) is 25.8. The van der Waals surface area contributed by atoms with Gasteiger partial charge >= 0.3 is 11.9 Å². The summed E-state index contributed by atoms with van der Waals surface area (Å²) in [6.07, 6.45) is -96.6. The number of nitrogens with one attached hydrogen (secondary N) is 4. The maximum absolute atomic E-state index is 13.4. The van der Waals surface area contributed by atoms with Crippen molar-refractivity contribution in [3.63, 3.8) is 0 Å². The van der Waals surface area contributed by atoms with Gasteiger partial charge in [0, 0.05) is 58.3 Å². The SMILES string of the molecule is CC(=O)NC1C(O)[C@H](O[C@@H]2OC3CC(O)(O)[C@@H]3[C@H](O[C@]3(OC=O)C[C@@H](O)[C@@H](C)C([C@H](O)[C@H](O)CO)O3)C2O)[C@H](CO)O[C@H]1OCCC1[C@@H](OCC2O[C@@H](O[C@@H]3C(CO)O[C@@H](O[C@@H]4C(CO)O[C@@H](C)C(NC(C)=O)[C@H]4O)C(NC(C)=O)[C@H]3O)C(O)[C@@H](O[C@H]3OC(CO)[C@@H](O)C(O)C3O[C@@H]3OC(CO)[C@@H](O[C@@H]4OC5CC(O)(O)[C@@H]5[C@H](O[C@]5(OC=O)C[C@@H](O)[C@@H](C)C([C@H](O)[C@H](O)CO)O5)C4O)[C@H](O)C3NC(C)=O)[C@@H]2O)OC(CO)[C@@H](O)[C@@H]1O. The monoisotopic (exact) mass is 2190 g/mol. The van der Waals surface area contributed by atoms with E-state index in [4.69, 9.17) is 109 Å². The third-order valence-corrected chi connectivity index (χ3v) is 29.7. The summed E-state index contributed by atoms with van der Waals surface area (Å²) in [5.74, 6) is -22.1. The summed E-state index contributed by atoms with van der Waals surface area (Å²) in [5.41, 5.74) is 0. The molecule has 4 amide bonds. The summed E-state index contributed by atoms with van der Waals surface area (Å²) in [6, 6.07) is -7.04. The van der Waals surface area contributed by atoms with Gasteiger partial charge in [0.2, 0.25) is 23.6 Å². The zero-order chi connectivity index (χ0) is 110. The molecular formula is C87H142N4O59. The van der Waals surface area contributed by atoms with Gasteiger partial charge < -0.3 is 283 Å². The van der Waals surface area contributed by atoms with Gasteiger partial charge in [0.15, 0.2) is 61.9 Å². The fourth-order valence-electron chi connectivity index (χ4n) is 21.6. The van der Waals surface area contributed by atoms with Gasteiger partial charge in [0.1, 0.15) is 201 Å². The summed E-state index contributed by atoms with van der Waals surface area (Å²) < 4.78 is 139. The van der Waals surface area contributed by atoms with Crippen molar-refractivity contribution in [3.05, 3.63) is 0 Å². The van der Waals surface area contributed by atoms with Crippen LogP contribution in [0.1, 0.15) is 80.6 Å². The van der Waals surface area contributed by atoms with Crippen LogP contribution in [-0.2, 0) is 138 Å². The van der Waals surface area contributed by atoms with Crippen molar-refractivity contribution in [2.24, 2.45) is 29.6 Å². The summed E-state index contributed by atoms with van der Waals surface area (Å²) in [5, 5.41) is 351. The molecule has 864 valence electrons. The van der Waals surface area contributed by atoms with E-state index in [2.05, 4.69) is 21.3 Å². The molecule has 13 fully saturated rings. The van der Waals surface area contributed by atoms with Crippen molar-refractivity contribution in [3.8, 4) is 0 Å². The Balaban J connectivity index is 0.772. The van der Waals surface area contributed by atoms with Crippen LogP contribution in [0, 0.1) is 29.6 Å². The molecule has 34 N–H and O–H groups in total. The van der Waals surface area contributed by atoms with E-state index >= 15 is 0 Å². The fraction of sp³-hybridized carbons (Fsp3) is 0.931. The van der Waals surface area contributed by atoms with E-state index < -0.39 is 481 Å². The molecule has 150 heavy (non-hydrogen) atoms. The van der Waals surface area contributed by atoms with Crippen molar-refractivity contribution in [2.45, 2.75) is 411 Å². The molecule has 63 heteroatoms. The number of ether oxygens (including phenoxy) is 23. The molecule has 0 aromatic heterocycles. The molecule has 0 aromatic rings. The number of carbonyl (C=O) groups is 6. The van der Waals surface area contributed by atoms with Crippen LogP contribution in [0.15, 0.2) is 0 Å². The predicted octanol–water partition coefficient (Wildman–Crippen LogP) is -20.9. The Morgan fingerprint density at radius 1 is 0.347 bits per heavy atom. The van der Waals surface area contributed by atoms with Crippen LogP contribution in [0.25, 0.3) is 0 Å². The average molecular weight is 2190 g/mol. The second-order valence-electron chi connectivity index (χ2n) is 40.0. The van der Waals surface area contributed by atoms with E-state index in [9.17, 15) is 182 Å². The van der Waals surface area contributed by atoms with E-state index in [1.54, 1.807) is 0 Å². The molecule has 21 unspecified atom stereocenters. The lowest BCUT2D eigenvalue weighted by Gasteiger charge is -2.58. The standard InChI is InChI=1S/C87H142N4O59/c1-25-33(106)10-86(130-23-100,147-66(25)53(111)35(108)14-92)149-72-46-37(12-84(46,124)125)133-80(63(72)121)142-69-42(19-97)137-77(49(59(69)117)89-29(5)103)128-9-8-32-52(110)55(113)39(16-94)135-76(32)129-22-45-57(115)74(65(123)82(140-45)144-71-43(20-98)138-78(50(60(71)118)90-30(6)104)141-68-41(18-96)132-27(3)48(58(68)116)88-28(4)102)145-83-75(62(120)56(114)40(17-95)136-83)146-79-51(91-31(7)105)61(119)70(44(21-99)139-79)143-81-64(122)73(47-38(134-81)13-85(47,126)127)150-87(131-24-101)11-34(107)26(2)67(148-87)54(112)36(109)15-93/h23-27,32-83,92-99,106-127H,8-22H2,1-7H3,(H,88,102)(H,89,103)(H,90,104)(H,91,105)/t25-,26-,27+,32?,33-,34-,35-,36-,37?,38?,39?,40?,41?,42+,43?,44?,45?,46+,47+,48?,49?,50?,51?,52-,53-,54-,55-,56-,57-,58-,59?,60-,61-,62?,63?,64?,65?,66?,67?,68-,69-,70-,71-,72+,73+,74+,75?,76+,77-,78+,79+,80+,81+,82+,83-,86+,87+/m1/s1. The van der Waals surface area contributed by atoms with E-state index in [1.165, 1.54) is 20.8 Å². The van der Waals surface area contributed by atoms with Gasteiger partial charge in [0.25, 0.3) is 12.9 Å². The van der Waals surface area contributed by atoms with E-state index in [0.717, 1.165) is 27.7 Å². The Morgan fingerprint density at radius 2 is 0.680 bits per heavy atom. The highest BCUT2D eigenvalue weighted by Crippen LogP contribution is 2.54. The molecule has 57 atom stereocenters. The van der Waals surface area contributed by atoms with Crippen molar-refractivity contribution < 1.29 is 291 Å². The van der Waals surface area contributed by atoms with Gasteiger partial charge in [-0.2, -0.15) is 0 Å². The number of carbonyl (C=O) groups excluding carboxylic acids is 6. The van der Waals surface area contributed by atoms with Crippen LogP contribution < -0.4 is 21.3 Å². The minimum absolute atomic E-state index is 0.217. The second-order valence-corrected chi connectivity index (χ2v) is 40.0. The number of aliphatic hydroxyl groups is 30. The Hall–Kier alpha value is -5.22. The van der Waals surface area contributed by atoms with Crippen molar-refractivity contribution in [1.29, 1.82) is 0 Å². The number of fused-ring (bicyclic) bond motifs is 2. The lowest BCUT2D eigenvalue weighted by molar-refractivity contribution is -0.471. The minimum atomic E-state index is -2.89. The smallest absolute Gasteiger partial charge is 0.332 e. The highest BCUT2D eigenvalue weighted by molar-refractivity contribution is 5.74. The first-order valence-corrected chi connectivity index (χ1v) is 48.9. The summed E-state index contributed by atoms with van der Waals surface area (Å²) in [4.78, 5) is 76.6. The molecule has 13 rings (SSSR count). The quantitative estimate of drug-likeness (QED) is 0.0199. The molecule has 0 radical (unpaired) electrons. The first kappa shape index (κ1) is 122. The largest absolute Gasteiger partial charge is 0.410 e. The zero-order valence-corrected chi connectivity index (χ0v) is 81.8. The number of hydrogen-bond acceptors (Lipinski definition) is 59. The molecule has 2 aliphatic carbocycles. The van der Waals surface area contributed by atoms with Gasteiger partial charge in [-0.3, -0.25) is 28.8 Å². The van der Waals surface area contributed by atoms with Crippen LogP contribution in [0.4, 0.5) is 0 Å². The first-order chi connectivity index (χ1) is 70.8. The Morgan fingerprint density at radius 3 is 1.07 bits per heavy atom. The molecule has 63 nitrogen and oxygen atoms in total. The van der Waals surface area contributed by atoms with E-state index in [0.29, 0.717) is 0 Å². The van der Waals surface area contributed by atoms with E-state index in [1.807, 2.05) is 0 Å². The maximum atomic E-state index is 13.4. The van der Waals surface area contributed by atoms with Crippen LogP contribution in [0.2, 0.25) is 0 Å². The maximum Gasteiger partial charge on any atom is 0.332 e. The topological polar surface area (TPSA) is 970 Å². The lowest BCUT2D eigenvalue weighted by Crippen LogP contribution is -2.74. The Kier molecular flexibility index (Phi) is 41.4. The van der Waals surface area contributed by atoms with Crippen molar-refractivity contribution >= 4 is 36.6 Å². The molecule has 11 heterocycles. The van der Waals surface area contributed by atoms with Crippen LogP contribution in [-0.4, -0.2) is 586 Å². The predicted molar refractivity (Wildman–Crippen MR) is 465 cm³/mol. The molecular weight excluding hydrogens is 2040 g/mol. The fourth-order valence-corrected chi connectivity index (χ4v) is 21.6. The molecule has 2 saturated carbocycles. The highest BCUT2D eigenvalue weighted by atomic mass is 16.9. The summed E-state index contributed by atoms with van der Waals surface area (Å²) in [7, 11) is 0. The average Bonchev–Trinajstić information content (AvgIpc) is 0.718. The molecule has 0 bridgehead atoms. The number of aliphatic hydroxyl groups excluding tert-OH is 26. The minimum Gasteiger partial charge on any atom is -0.410 e. The number of hydrogen-bond donors (Lipinski definition) is 34. The van der Waals surface area contributed by atoms with Gasteiger partial charge in [-0.1, -0.05) is 13.8 Å². The highest BCUT2D eigenvalue weighted by Gasteiger charge is 2.71. The van der Waals surface area contributed by atoms with Gasteiger partial charge in [-0.15, -0.1) is 0 Å². The summed E-state index contributed by atoms with van der Waals surface area (Å²) >= 11 is 0. The van der Waals surface area contributed by atoms with Crippen molar-refractivity contribution in [2.75, 3.05) is 66.1 Å². The van der Waals surface area contributed by atoms with Crippen LogP contribution >= 0.6 is 0 Å². The number of amides is 4. The normalized spacial score (nSPS) is 47.8. The Labute approximate surface area is 852 Å². The molecule has 0 aromatic carbocycles. The lowest BCUT2D eigenvalue weighted by atomic mass is 9.68. The van der Waals surface area contributed by atoms with Gasteiger partial charge in [-0.05, 0) is 13.3 Å². The van der Waals surface area contributed by atoms with Gasteiger partial charge in [-0.25, -0.2) is 0 Å². The molecule has 0 spiro atoms. The molecule has 11 saturated heterocycles. The zero-order valence-electron chi connectivity index (χ0n) is 81.8. The molecule has 13 aliphatic rings. The third-order valence-electron chi connectivity index (χ3n) is 29.7. The van der Waals surface area contributed by atoms with E-state index in [-0.39, 0.29) is 12.9 Å². The van der Waals surface area contributed by atoms with Crippen LogP contribution in [0.3, 0.4) is 0 Å². The first-order valence-electron chi connectivity index (χ1n) is 48.9. The van der Waals surface area contributed by atoms with Crippen LogP contribution in [0.5, 0.6) is 0 Å². The Bertz CT molecular complexity index is 4330. The molecule has 11 aliphatic heterocycles. The second kappa shape index (κ2) is 51.0. The number of rotatable bonds is 43. The van der Waals surface area contributed by atoms with Crippen molar-refractivity contribution in [1.82, 2.24) is 21.3 Å². The van der Waals surface area contributed by atoms with Gasteiger partial charge in [0.05, 0.1) is 146 Å². The summed E-state index contributed by atoms with van der Waals surface area (Å²) in [6.45, 7) is -3.13.